The Morgan fingerprint density at radius 1 is 1.62 bits per heavy atom. The highest BCUT2D eigenvalue weighted by Gasteiger charge is 2.44. The maximum Gasteiger partial charge on any atom is 0.340 e. The second kappa shape index (κ2) is 4.10. The molecule has 0 aliphatic heterocycles. The first kappa shape index (κ1) is 11.2. The summed E-state index contributed by atoms with van der Waals surface area (Å²) < 4.78 is 4.18. The molecule has 1 aromatic rings. The summed E-state index contributed by atoms with van der Waals surface area (Å²) in [5, 5.41) is 10.8. The molecule has 4 nitrogen and oxygen atoms in total. The largest absolute Gasteiger partial charge is 0.446 e. The average Bonchev–Trinajstić information content (AvgIpc) is 2.50. The number of nitro groups is 1. The van der Waals surface area contributed by atoms with Gasteiger partial charge in [-0.25, -0.2) is 0 Å². The molecule has 0 spiro atoms. The van der Waals surface area contributed by atoms with Gasteiger partial charge >= 0.3 is 4.45 Å². The lowest BCUT2D eigenvalue weighted by Gasteiger charge is -2.12. The number of hydrogen-bond donors (Lipinski definition) is 0. The van der Waals surface area contributed by atoms with E-state index in [2.05, 4.69) is 47.8 Å². The molecule has 0 bridgehead atoms. The van der Waals surface area contributed by atoms with Crippen LogP contribution in [-0.4, -0.2) is 10.3 Å². The minimum atomic E-state index is -1.39. The van der Waals surface area contributed by atoms with Crippen molar-refractivity contribution in [2.75, 3.05) is 5.33 Å². The predicted octanol–water partition coefficient (Wildman–Crippen LogP) is 3.26. The van der Waals surface area contributed by atoms with Gasteiger partial charge in [-0.15, -0.1) is 0 Å². The second-order valence-electron chi connectivity index (χ2n) is 2.25. The fraction of sp³-hybridized carbons (Fsp3) is 0.333. The monoisotopic (exact) mass is 375 g/mol. The van der Waals surface area contributed by atoms with Crippen LogP contribution in [0.2, 0.25) is 0 Å². The van der Waals surface area contributed by atoms with Crippen molar-refractivity contribution in [3.63, 3.8) is 0 Å². The van der Waals surface area contributed by atoms with E-state index in [0.29, 0.717) is 4.67 Å². The fourth-order valence-electron chi connectivity index (χ4n) is 0.725. The van der Waals surface area contributed by atoms with Crippen molar-refractivity contribution in [2.45, 2.75) is 4.45 Å². The summed E-state index contributed by atoms with van der Waals surface area (Å²) in [4.78, 5) is 10.3. The smallest absolute Gasteiger partial charge is 0.340 e. The number of alkyl halides is 2. The van der Waals surface area contributed by atoms with E-state index in [9.17, 15) is 10.1 Å². The van der Waals surface area contributed by atoms with Crippen LogP contribution in [0, 0.1) is 10.1 Å². The van der Waals surface area contributed by atoms with E-state index in [1.807, 2.05) is 0 Å². The molecule has 0 radical (unpaired) electrons. The van der Waals surface area contributed by atoms with E-state index >= 15 is 0 Å². The Labute approximate surface area is 99.2 Å². The molecule has 0 saturated heterocycles. The number of halogens is 3. The van der Waals surface area contributed by atoms with Crippen LogP contribution in [-0.2, 0) is 4.45 Å². The highest BCUT2D eigenvalue weighted by Crippen LogP contribution is 2.35. The van der Waals surface area contributed by atoms with Crippen molar-refractivity contribution in [1.29, 1.82) is 0 Å². The zero-order chi connectivity index (χ0) is 10.1. The third kappa shape index (κ3) is 2.13. The summed E-state index contributed by atoms with van der Waals surface area (Å²) in [6.45, 7) is 0. The minimum absolute atomic E-state index is 0.132. The Morgan fingerprint density at radius 3 is 2.54 bits per heavy atom. The van der Waals surface area contributed by atoms with Crippen molar-refractivity contribution >= 4 is 47.8 Å². The first-order valence-corrected chi connectivity index (χ1v) is 5.86. The fourth-order valence-corrected chi connectivity index (χ4v) is 1.73. The van der Waals surface area contributed by atoms with Gasteiger partial charge in [0.15, 0.2) is 10.4 Å². The highest BCUT2D eigenvalue weighted by molar-refractivity contribution is 9.12. The number of nitrogens with zero attached hydrogens (tertiary/aromatic N) is 1. The molecular formula is C6H4Br3NO3. The van der Waals surface area contributed by atoms with Gasteiger partial charge in [0.2, 0.25) is 0 Å². The van der Waals surface area contributed by atoms with Gasteiger partial charge in [0, 0.05) is 20.9 Å². The Hall–Kier alpha value is 0.120. The molecular weight excluding hydrogens is 374 g/mol. The predicted molar refractivity (Wildman–Crippen MR) is 57.8 cm³/mol. The normalized spacial score (nSPS) is 15.3. The second-order valence-corrected chi connectivity index (χ2v) is 4.91. The quantitative estimate of drug-likeness (QED) is 0.351. The molecule has 0 aliphatic rings. The molecule has 1 rings (SSSR count). The van der Waals surface area contributed by atoms with Crippen molar-refractivity contribution < 1.29 is 9.34 Å². The maximum absolute atomic E-state index is 10.7. The number of furan rings is 1. The Morgan fingerprint density at radius 2 is 2.23 bits per heavy atom. The highest BCUT2D eigenvalue weighted by atomic mass is 79.9. The van der Waals surface area contributed by atoms with E-state index in [1.165, 1.54) is 0 Å². The van der Waals surface area contributed by atoms with Gasteiger partial charge in [-0.2, -0.15) is 0 Å². The van der Waals surface area contributed by atoms with Gasteiger partial charge in [0.05, 0.1) is 5.33 Å². The third-order valence-electron chi connectivity index (χ3n) is 1.42. The molecule has 7 heteroatoms. The Balaban J connectivity index is 3.09. The van der Waals surface area contributed by atoms with Crippen LogP contribution in [0.1, 0.15) is 5.76 Å². The SMILES string of the molecule is O=[N+]([O-])C(Br)(CBr)c1ccc(Br)o1. The van der Waals surface area contributed by atoms with Crippen LogP contribution >= 0.6 is 47.8 Å². The molecule has 72 valence electrons. The van der Waals surface area contributed by atoms with Crippen LogP contribution in [0.25, 0.3) is 0 Å². The maximum atomic E-state index is 10.7. The number of hydrogen-bond acceptors (Lipinski definition) is 3. The van der Waals surface area contributed by atoms with Gasteiger partial charge < -0.3 is 4.42 Å². The van der Waals surface area contributed by atoms with Gasteiger partial charge in [-0.3, -0.25) is 10.1 Å². The molecule has 1 heterocycles. The lowest BCUT2D eigenvalue weighted by Crippen LogP contribution is -2.29. The van der Waals surface area contributed by atoms with Crippen LogP contribution in [0.15, 0.2) is 21.2 Å². The molecule has 0 N–H and O–H groups in total. The molecule has 1 aromatic heterocycles. The molecule has 0 aromatic carbocycles. The molecule has 13 heavy (non-hydrogen) atoms. The first-order valence-electron chi connectivity index (χ1n) is 3.16. The zero-order valence-corrected chi connectivity index (χ0v) is 10.9. The van der Waals surface area contributed by atoms with Crippen molar-refractivity contribution in [3.8, 4) is 0 Å². The molecule has 1 unspecified atom stereocenters. The van der Waals surface area contributed by atoms with Crippen molar-refractivity contribution in [2.24, 2.45) is 0 Å². The van der Waals surface area contributed by atoms with Crippen LogP contribution < -0.4 is 0 Å². The summed E-state index contributed by atoms with van der Waals surface area (Å²) >= 11 is 9.14. The molecule has 0 amide bonds. The van der Waals surface area contributed by atoms with Crippen LogP contribution in [0.4, 0.5) is 0 Å². The average molecular weight is 378 g/mol. The summed E-state index contributed by atoms with van der Waals surface area (Å²) in [5.41, 5.74) is 0. The van der Waals surface area contributed by atoms with E-state index in [0.717, 1.165) is 0 Å². The standard InChI is InChI=1S/C6H4Br3NO3/c7-3-6(9,10(11)12)4-1-2-5(8)13-4/h1-2H,3H2. The van der Waals surface area contributed by atoms with E-state index < -0.39 is 9.37 Å². The summed E-state index contributed by atoms with van der Waals surface area (Å²) in [6.07, 6.45) is 0. The lowest BCUT2D eigenvalue weighted by molar-refractivity contribution is -0.539. The first-order chi connectivity index (χ1) is 6.00. The number of rotatable bonds is 3. The third-order valence-corrected chi connectivity index (χ3v) is 4.37. The van der Waals surface area contributed by atoms with Crippen molar-refractivity contribution in [3.05, 3.63) is 32.7 Å². The lowest BCUT2D eigenvalue weighted by atomic mass is 10.3. The van der Waals surface area contributed by atoms with Gasteiger partial charge in [0.1, 0.15) is 0 Å². The summed E-state index contributed by atoms with van der Waals surface area (Å²) in [6, 6.07) is 3.15. The molecule has 0 saturated carbocycles. The molecule has 1 atom stereocenters. The van der Waals surface area contributed by atoms with E-state index in [4.69, 9.17) is 4.42 Å². The minimum Gasteiger partial charge on any atom is -0.446 e. The zero-order valence-electron chi connectivity index (χ0n) is 6.17. The van der Waals surface area contributed by atoms with E-state index in [1.54, 1.807) is 12.1 Å². The summed E-state index contributed by atoms with van der Waals surface area (Å²) in [5.74, 6) is 0.251. The Bertz CT molecular complexity index is 327. The van der Waals surface area contributed by atoms with Crippen LogP contribution in [0.5, 0.6) is 0 Å². The van der Waals surface area contributed by atoms with Gasteiger partial charge in [-0.1, -0.05) is 15.9 Å². The molecule has 0 fully saturated rings. The van der Waals surface area contributed by atoms with Gasteiger partial charge in [0.25, 0.3) is 0 Å². The Kier molecular flexibility index (Phi) is 3.53. The summed E-state index contributed by atoms with van der Waals surface area (Å²) in [7, 11) is 0. The van der Waals surface area contributed by atoms with Gasteiger partial charge in [-0.05, 0) is 28.1 Å². The van der Waals surface area contributed by atoms with Crippen molar-refractivity contribution in [1.82, 2.24) is 0 Å². The van der Waals surface area contributed by atoms with Crippen LogP contribution in [0.3, 0.4) is 0 Å². The van der Waals surface area contributed by atoms with E-state index in [-0.39, 0.29) is 11.1 Å². The molecule has 0 aliphatic carbocycles. The topological polar surface area (TPSA) is 56.3 Å².